The molecule has 0 saturated heterocycles. The number of hydrogen-bond acceptors (Lipinski definition) is 2. The summed E-state index contributed by atoms with van der Waals surface area (Å²) < 4.78 is 1.80. The Kier molecular flexibility index (Phi) is 4.91. The summed E-state index contributed by atoms with van der Waals surface area (Å²) in [6.45, 7) is 5.70. The standard InChI is InChI=1S/C20H20ClN3O/c1-13(16-8-7-9-17(21)12-16)22-20(25)19-14(2)23-24(15(19)3)18-10-5-4-6-11-18/h4-13H,1-3H3,(H,22,25). The highest BCUT2D eigenvalue weighted by atomic mass is 35.5. The van der Waals surface area contributed by atoms with Crippen LogP contribution < -0.4 is 5.32 Å². The van der Waals surface area contributed by atoms with E-state index in [0.717, 1.165) is 16.9 Å². The average Bonchev–Trinajstić information content (AvgIpc) is 2.90. The van der Waals surface area contributed by atoms with Crippen molar-refractivity contribution in [2.45, 2.75) is 26.8 Å². The van der Waals surface area contributed by atoms with Gasteiger partial charge in [-0.2, -0.15) is 5.10 Å². The predicted octanol–water partition coefficient (Wildman–Crippen LogP) is 4.63. The van der Waals surface area contributed by atoms with Gasteiger partial charge in [-0.25, -0.2) is 4.68 Å². The Hall–Kier alpha value is -2.59. The van der Waals surface area contributed by atoms with Gasteiger partial charge in [0, 0.05) is 5.02 Å². The SMILES string of the molecule is Cc1nn(-c2ccccc2)c(C)c1C(=O)NC(C)c1cccc(Cl)c1. The van der Waals surface area contributed by atoms with E-state index in [1.807, 2.05) is 75.4 Å². The van der Waals surface area contributed by atoms with Gasteiger partial charge in [0.1, 0.15) is 0 Å². The van der Waals surface area contributed by atoms with Crippen molar-refractivity contribution in [2.24, 2.45) is 0 Å². The third kappa shape index (κ3) is 3.59. The molecule has 1 heterocycles. The third-order valence-electron chi connectivity index (χ3n) is 4.22. The number of nitrogens with one attached hydrogen (secondary N) is 1. The Morgan fingerprint density at radius 3 is 2.52 bits per heavy atom. The minimum Gasteiger partial charge on any atom is -0.345 e. The average molecular weight is 354 g/mol. The first-order chi connectivity index (χ1) is 12.0. The Bertz CT molecular complexity index is 903. The summed E-state index contributed by atoms with van der Waals surface area (Å²) in [5.41, 5.74) is 4.03. The molecule has 1 unspecified atom stereocenters. The van der Waals surface area contributed by atoms with Crippen molar-refractivity contribution in [2.75, 3.05) is 0 Å². The van der Waals surface area contributed by atoms with E-state index in [9.17, 15) is 4.79 Å². The van der Waals surface area contributed by atoms with Crippen molar-refractivity contribution in [3.05, 3.63) is 82.1 Å². The Morgan fingerprint density at radius 2 is 1.84 bits per heavy atom. The zero-order valence-electron chi connectivity index (χ0n) is 14.5. The zero-order valence-corrected chi connectivity index (χ0v) is 15.2. The van der Waals surface area contributed by atoms with Crippen LogP contribution in [0.3, 0.4) is 0 Å². The first-order valence-corrected chi connectivity index (χ1v) is 8.53. The van der Waals surface area contributed by atoms with E-state index < -0.39 is 0 Å². The van der Waals surface area contributed by atoms with Gasteiger partial charge in [-0.05, 0) is 50.6 Å². The van der Waals surface area contributed by atoms with Gasteiger partial charge < -0.3 is 5.32 Å². The van der Waals surface area contributed by atoms with Gasteiger partial charge in [-0.1, -0.05) is 41.9 Å². The number of carbonyl (C=O) groups excluding carboxylic acids is 1. The summed E-state index contributed by atoms with van der Waals surface area (Å²) in [5, 5.41) is 8.22. The fourth-order valence-electron chi connectivity index (χ4n) is 2.92. The number of aryl methyl sites for hydroxylation is 1. The van der Waals surface area contributed by atoms with Crippen LogP contribution in [0.5, 0.6) is 0 Å². The van der Waals surface area contributed by atoms with E-state index in [1.54, 1.807) is 4.68 Å². The van der Waals surface area contributed by atoms with Gasteiger partial charge in [-0.15, -0.1) is 0 Å². The van der Waals surface area contributed by atoms with Gasteiger partial charge in [0.2, 0.25) is 0 Å². The van der Waals surface area contributed by atoms with Gasteiger partial charge in [0.05, 0.1) is 28.7 Å². The monoisotopic (exact) mass is 353 g/mol. The van der Waals surface area contributed by atoms with Gasteiger partial charge in [0.25, 0.3) is 5.91 Å². The number of amides is 1. The lowest BCUT2D eigenvalue weighted by atomic mass is 10.1. The van der Waals surface area contributed by atoms with Gasteiger partial charge >= 0.3 is 0 Å². The number of benzene rings is 2. The van der Waals surface area contributed by atoms with Crippen LogP contribution in [0.4, 0.5) is 0 Å². The van der Waals surface area contributed by atoms with Crippen molar-refractivity contribution in [1.82, 2.24) is 15.1 Å². The molecule has 25 heavy (non-hydrogen) atoms. The van der Waals surface area contributed by atoms with Crippen LogP contribution in [-0.2, 0) is 0 Å². The number of rotatable bonds is 4. The van der Waals surface area contributed by atoms with Crippen LogP contribution in [0.15, 0.2) is 54.6 Å². The van der Waals surface area contributed by atoms with Crippen molar-refractivity contribution >= 4 is 17.5 Å². The second-order valence-electron chi connectivity index (χ2n) is 6.04. The lowest BCUT2D eigenvalue weighted by molar-refractivity contribution is 0.0938. The molecule has 1 aromatic heterocycles. The summed E-state index contributed by atoms with van der Waals surface area (Å²) in [7, 11) is 0. The van der Waals surface area contributed by atoms with Crippen molar-refractivity contribution < 1.29 is 4.79 Å². The molecular weight excluding hydrogens is 334 g/mol. The number of nitrogens with zero attached hydrogens (tertiary/aromatic N) is 2. The molecule has 0 bridgehead atoms. The highest BCUT2D eigenvalue weighted by Gasteiger charge is 2.21. The van der Waals surface area contributed by atoms with Gasteiger partial charge in [-0.3, -0.25) is 4.79 Å². The molecule has 3 rings (SSSR count). The Labute approximate surface area is 152 Å². The van der Waals surface area contributed by atoms with E-state index >= 15 is 0 Å². The first-order valence-electron chi connectivity index (χ1n) is 8.15. The van der Waals surface area contributed by atoms with E-state index in [-0.39, 0.29) is 11.9 Å². The Morgan fingerprint density at radius 1 is 1.12 bits per heavy atom. The second-order valence-corrected chi connectivity index (χ2v) is 6.48. The molecule has 0 fully saturated rings. The number of hydrogen-bond donors (Lipinski definition) is 1. The van der Waals surface area contributed by atoms with Crippen LogP contribution in [0, 0.1) is 13.8 Å². The number of halogens is 1. The van der Waals surface area contributed by atoms with Crippen LogP contribution in [0.25, 0.3) is 5.69 Å². The predicted molar refractivity (Wildman–Crippen MR) is 100 cm³/mol. The summed E-state index contributed by atoms with van der Waals surface area (Å²) in [6.07, 6.45) is 0. The third-order valence-corrected chi connectivity index (χ3v) is 4.45. The molecule has 0 saturated carbocycles. The first kappa shape index (κ1) is 17.2. The lowest BCUT2D eigenvalue weighted by Crippen LogP contribution is -2.27. The zero-order chi connectivity index (χ0) is 18.0. The van der Waals surface area contributed by atoms with E-state index in [0.29, 0.717) is 16.3 Å². The molecule has 0 aliphatic heterocycles. The molecule has 0 radical (unpaired) electrons. The fourth-order valence-corrected chi connectivity index (χ4v) is 3.12. The second kappa shape index (κ2) is 7.11. The molecule has 3 aromatic rings. The lowest BCUT2D eigenvalue weighted by Gasteiger charge is -2.15. The fraction of sp³-hybridized carbons (Fsp3) is 0.200. The van der Waals surface area contributed by atoms with Gasteiger partial charge in [0.15, 0.2) is 0 Å². The largest absolute Gasteiger partial charge is 0.345 e. The minimum atomic E-state index is -0.148. The Balaban J connectivity index is 1.87. The number of para-hydroxylation sites is 1. The minimum absolute atomic E-state index is 0.135. The molecule has 0 aliphatic carbocycles. The molecule has 4 nitrogen and oxygen atoms in total. The molecule has 1 N–H and O–H groups in total. The molecule has 2 aromatic carbocycles. The summed E-state index contributed by atoms with van der Waals surface area (Å²) in [5.74, 6) is -0.135. The van der Waals surface area contributed by atoms with Crippen molar-refractivity contribution in [3.63, 3.8) is 0 Å². The highest BCUT2D eigenvalue weighted by Crippen LogP contribution is 2.21. The quantitative estimate of drug-likeness (QED) is 0.743. The van der Waals surface area contributed by atoms with Crippen LogP contribution in [0.1, 0.15) is 40.3 Å². The molecule has 1 amide bonds. The van der Waals surface area contributed by atoms with Crippen LogP contribution in [-0.4, -0.2) is 15.7 Å². The smallest absolute Gasteiger partial charge is 0.255 e. The number of carbonyl (C=O) groups is 1. The maximum absolute atomic E-state index is 12.8. The molecule has 0 aliphatic rings. The molecule has 1 atom stereocenters. The van der Waals surface area contributed by atoms with E-state index in [1.165, 1.54) is 0 Å². The summed E-state index contributed by atoms with van der Waals surface area (Å²) >= 11 is 6.04. The van der Waals surface area contributed by atoms with Crippen molar-refractivity contribution in [1.29, 1.82) is 0 Å². The molecule has 5 heteroatoms. The maximum atomic E-state index is 12.8. The van der Waals surface area contributed by atoms with Crippen LogP contribution >= 0.6 is 11.6 Å². The summed E-state index contributed by atoms with van der Waals surface area (Å²) in [6, 6.07) is 17.1. The summed E-state index contributed by atoms with van der Waals surface area (Å²) in [4.78, 5) is 12.8. The molecular formula is C20H20ClN3O. The molecule has 128 valence electrons. The van der Waals surface area contributed by atoms with Crippen LogP contribution in [0.2, 0.25) is 5.02 Å². The van der Waals surface area contributed by atoms with E-state index in [4.69, 9.17) is 11.6 Å². The number of aromatic nitrogens is 2. The van der Waals surface area contributed by atoms with Crippen molar-refractivity contribution in [3.8, 4) is 5.69 Å². The topological polar surface area (TPSA) is 46.9 Å². The maximum Gasteiger partial charge on any atom is 0.255 e. The van der Waals surface area contributed by atoms with E-state index in [2.05, 4.69) is 10.4 Å². The molecule has 0 spiro atoms. The highest BCUT2D eigenvalue weighted by molar-refractivity contribution is 6.30. The normalized spacial score (nSPS) is 12.0.